The molecule has 23 heavy (non-hydrogen) atoms. The average molecular weight is 394 g/mol. The lowest BCUT2D eigenvalue weighted by molar-refractivity contribution is 0.102. The van der Waals surface area contributed by atoms with Gasteiger partial charge >= 0.3 is 0 Å². The molecule has 0 amide bonds. The third-order valence-corrected chi connectivity index (χ3v) is 4.14. The summed E-state index contributed by atoms with van der Waals surface area (Å²) in [5.41, 5.74) is 0.728. The van der Waals surface area contributed by atoms with Gasteiger partial charge in [0.2, 0.25) is 11.6 Å². The van der Waals surface area contributed by atoms with Crippen LogP contribution in [0.15, 0.2) is 35.1 Å². The molecule has 7 heteroatoms. The molecule has 0 aliphatic carbocycles. The molecular weight excluding hydrogens is 380 g/mol. The van der Waals surface area contributed by atoms with Crippen LogP contribution in [-0.2, 0) is 5.54 Å². The van der Waals surface area contributed by atoms with Crippen molar-refractivity contribution in [2.24, 2.45) is 0 Å². The van der Waals surface area contributed by atoms with E-state index in [9.17, 15) is 4.79 Å². The molecule has 118 valence electrons. The molecule has 0 aliphatic heterocycles. The third kappa shape index (κ3) is 3.01. The third-order valence-electron chi connectivity index (χ3n) is 3.38. The molecule has 0 N–H and O–H groups in total. The first-order valence-electron chi connectivity index (χ1n) is 6.99. The minimum absolute atomic E-state index is 0.0431. The number of aromatic nitrogens is 4. The Balaban J connectivity index is 2.15. The Bertz CT molecular complexity index is 897. The van der Waals surface area contributed by atoms with Crippen molar-refractivity contribution in [1.29, 1.82) is 0 Å². The highest BCUT2D eigenvalue weighted by molar-refractivity contribution is 9.10. The van der Waals surface area contributed by atoms with Crippen LogP contribution in [0.5, 0.6) is 0 Å². The summed E-state index contributed by atoms with van der Waals surface area (Å²) in [4.78, 5) is 25.2. The molecule has 3 aromatic rings. The molecule has 0 bridgehead atoms. The number of ketones is 1. The lowest BCUT2D eigenvalue weighted by Gasteiger charge is -2.22. The fraction of sp³-hybridized carbons (Fsp3) is 0.250. The molecular formula is C16H14BrClN4O. The van der Waals surface area contributed by atoms with E-state index in [1.807, 2.05) is 16.8 Å². The number of hydrogen-bond donors (Lipinski definition) is 0. The predicted molar refractivity (Wildman–Crippen MR) is 92.9 cm³/mol. The highest BCUT2D eigenvalue weighted by Gasteiger charge is 2.21. The van der Waals surface area contributed by atoms with Crippen LogP contribution < -0.4 is 0 Å². The quantitative estimate of drug-likeness (QED) is 0.483. The number of hydrogen-bond acceptors (Lipinski definition) is 4. The first kappa shape index (κ1) is 16.1. The van der Waals surface area contributed by atoms with Gasteiger partial charge in [0.25, 0.3) is 0 Å². The van der Waals surface area contributed by atoms with Gasteiger partial charge in [0, 0.05) is 22.4 Å². The maximum Gasteiger partial charge on any atom is 0.248 e. The summed E-state index contributed by atoms with van der Waals surface area (Å²) >= 11 is 9.53. The van der Waals surface area contributed by atoms with E-state index in [-0.39, 0.29) is 28.0 Å². The molecule has 3 rings (SSSR count). The maximum absolute atomic E-state index is 12.6. The number of nitrogens with zero attached hydrogens (tertiary/aromatic N) is 4. The lowest BCUT2D eigenvalue weighted by atomic mass is 10.1. The Morgan fingerprint density at radius 3 is 2.57 bits per heavy atom. The SMILES string of the molecule is CC(C)(C)n1ccc2c(Cl)nc(C(=O)c3ccc(Br)cn3)nc21. The number of carbonyl (C=O) groups is 1. The Morgan fingerprint density at radius 1 is 1.22 bits per heavy atom. The zero-order valence-electron chi connectivity index (χ0n) is 12.8. The van der Waals surface area contributed by atoms with Crippen LogP contribution in [0, 0.1) is 0 Å². The first-order valence-corrected chi connectivity index (χ1v) is 8.16. The predicted octanol–water partition coefficient (Wildman–Crippen LogP) is 4.23. The van der Waals surface area contributed by atoms with Gasteiger partial charge < -0.3 is 4.57 Å². The Hall–Kier alpha value is -1.79. The van der Waals surface area contributed by atoms with Crippen molar-refractivity contribution >= 4 is 44.3 Å². The molecule has 3 heterocycles. The Morgan fingerprint density at radius 2 is 1.96 bits per heavy atom. The molecule has 0 atom stereocenters. The van der Waals surface area contributed by atoms with Gasteiger partial charge in [-0.1, -0.05) is 11.6 Å². The topological polar surface area (TPSA) is 60.7 Å². The normalized spacial score (nSPS) is 11.9. The van der Waals surface area contributed by atoms with E-state index < -0.39 is 0 Å². The van der Waals surface area contributed by atoms with Gasteiger partial charge in [-0.3, -0.25) is 9.78 Å². The molecule has 5 nitrogen and oxygen atoms in total. The van der Waals surface area contributed by atoms with E-state index in [1.54, 1.807) is 18.3 Å². The van der Waals surface area contributed by atoms with E-state index in [0.29, 0.717) is 5.65 Å². The molecule has 0 saturated heterocycles. The largest absolute Gasteiger partial charge is 0.327 e. The van der Waals surface area contributed by atoms with E-state index in [2.05, 4.69) is 51.7 Å². The first-order chi connectivity index (χ1) is 10.8. The van der Waals surface area contributed by atoms with Crippen molar-refractivity contribution in [2.75, 3.05) is 0 Å². The van der Waals surface area contributed by atoms with Crippen LogP contribution in [0.25, 0.3) is 11.0 Å². The van der Waals surface area contributed by atoms with E-state index in [4.69, 9.17) is 11.6 Å². The maximum atomic E-state index is 12.6. The van der Waals surface area contributed by atoms with E-state index in [0.717, 1.165) is 9.86 Å². The molecule has 0 fully saturated rings. The molecule has 0 radical (unpaired) electrons. The molecule has 0 aliphatic rings. The van der Waals surface area contributed by atoms with Crippen molar-refractivity contribution in [3.63, 3.8) is 0 Å². The summed E-state index contributed by atoms with van der Waals surface area (Å²) in [6, 6.07) is 5.23. The van der Waals surface area contributed by atoms with Crippen LogP contribution in [0.3, 0.4) is 0 Å². The number of fused-ring (bicyclic) bond motifs is 1. The van der Waals surface area contributed by atoms with Crippen LogP contribution in [0.4, 0.5) is 0 Å². The van der Waals surface area contributed by atoms with Crippen LogP contribution in [0.1, 0.15) is 37.1 Å². The summed E-state index contributed by atoms with van der Waals surface area (Å²) in [7, 11) is 0. The Kier molecular flexibility index (Phi) is 3.98. The van der Waals surface area contributed by atoms with Gasteiger partial charge in [-0.2, -0.15) is 0 Å². The van der Waals surface area contributed by atoms with Gasteiger partial charge in [-0.15, -0.1) is 0 Å². The van der Waals surface area contributed by atoms with Crippen LogP contribution in [-0.4, -0.2) is 25.3 Å². The molecule has 0 spiro atoms. The fourth-order valence-electron chi connectivity index (χ4n) is 2.25. The van der Waals surface area contributed by atoms with Gasteiger partial charge in [-0.05, 0) is 54.9 Å². The van der Waals surface area contributed by atoms with Crippen LogP contribution in [0.2, 0.25) is 5.15 Å². The van der Waals surface area contributed by atoms with Crippen molar-refractivity contribution in [3.05, 3.63) is 51.7 Å². The zero-order valence-corrected chi connectivity index (χ0v) is 15.2. The van der Waals surface area contributed by atoms with Crippen molar-refractivity contribution < 1.29 is 4.79 Å². The second-order valence-corrected chi connectivity index (χ2v) is 7.40. The second-order valence-electron chi connectivity index (χ2n) is 6.12. The summed E-state index contributed by atoms with van der Waals surface area (Å²) < 4.78 is 2.77. The van der Waals surface area contributed by atoms with E-state index in [1.165, 1.54) is 0 Å². The monoisotopic (exact) mass is 392 g/mol. The number of halogens is 2. The highest BCUT2D eigenvalue weighted by atomic mass is 79.9. The standard InChI is InChI=1S/C16H14BrClN4O/c1-16(2,3)22-7-6-10-13(18)20-14(21-15(10)22)12(23)11-5-4-9(17)8-19-11/h4-8H,1-3H3. The lowest BCUT2D eigenvalue weighted by Crippen LogP contribution is -2.21. The number of rotatable bonds is 2. The zero-order chi connectivity index (χ0) is 16.8. The van der Waals surface area contributed by atoms with Gasteiger partial charge in [0.05, 0.1) is 5.39 Å². The van der Waals surface area contributed by atoms with Crippen molar-refractivity contribution in [3.8, 4) is 0 Å². The van der Waals surface area contributed by atoms with Gasteiger partial charge in [0.1, 0.15) is 16.5 Å². The van der Waals surface area contributed by atoms with Crippen molar-refractivity contribution in [1.82, 2.24) is 19.5 Å². The molecule has 0 aromatic carbocycles. The van der Waals surface area contributed by atoms with Crippen molar-refractivity contribution in [2.45, 2.75) is 26.3 Å². The minimum Gasteiger partial charge on any atom is -0.327 e. The average Bonchev–Trinajstić information content (AvgIpc) is 2.92. The summed E-state index contributed by atoms with van der Waals surface area (Å²) in [5, 5.41) is 0.986. The summed E-state index contributed by atoms with van der Waals surface area (Å²) in [6.07, 6.45) is 3.46. The van der Waals surface area contributed by atoms with Crippen LogP contribution >= 0.6 is 27.5 Å². The molecule has 3 aromatic heterocycles. The molecule has 0 saturated carbocycles. The minimum atomic E-state index is -0.358. The fourth-order valence-corrected chi connectivity index (χ4v) is 2.71. The van der Waals surface area contributed by atoms with Gasteiger partial charge in [-0.25, -0.2) is 9.97 Å². The number of pyridine rings is 1. The Labute approximate surface area is 146 Å². The summed E-state index contributed by atoms with van der Waals surface area (Å²) in [5.74, 6) is -0.315. The van der Waals surface area contributed by atoms with E-state index >= 15 is 0 Å². The molecule has 0 unspecified atom stereocenters. The summed E-state index contributed by atoms with van der Waals surface area (Å²) in [6.45, 7) is 6.17. The number of carbonyl (C=O) groups excluding carboxylic acids is 1. The highest BCUT2D eigenvalue weighted by Crippen LogP contribution is 2.27. The van der Waals surface area contributed by atoms with Gasteiger partial charge in [0.15, 0.2) is 0 Å². The smallest absolute Gasteiger partial charge is 0.248 e. The second kappa shape index (κ2) is 5.69.